The molecule has 0 aliphatic heterocycles. The Kier molecular flexibility index (Phi) is 5.41. The Hall–Kier alpha value is -2.04. The van der Waals surface area contributed by atoms with E-state index in [2.05, 4.69) is 60.4 Å². The highest BCUT2D eigenvalue weighted by Gasteiger charge is 2.20. The van der Waals surface area contributed by atoms with E-state index in [0.29, 0.717) is 0 Å². The van der Waals surface area contributed by atoms with Gasteiger partial charge in [-0.1, -0.05) is 60.7 Å². The van der Waals surface area contributed by atoms with Gasteiger partial charge in [-0.2, -0.15) is 0 Å². The quantitative estimate of drug-likeness (QED) is 0.812. The molecule has 102 valence electrons. The Labute approximate surface area is 121 Å². The zero-order valence-electron chi connectivity index (χ0n) is 11.9. The van der Waals surface area contributed by atoms with Crippen molar-refractivity contribution < 1.29 is 0 Å². The lowest BCUT2D eigenvalue weighted by molar-refractivity contribution is 0.559. The molecule has 0 radical (unpaired) electrons. The lowest BCUT2D eigenvalue weighted by atomic mass is 9.83. The van der Waals surface area contributed by atoms with Gasteiger partial charge in [0.15, 0.2) is 0 Å². The summed E-state index contributed by atoms with van der Waals surface area (Å²) >= 11 is 0. The molecular weight excluding hydrogens is 242 g/mol. The van der Waals surface area contributed by atoms with Gasteiger partial charge < -0.3 is 5.73 Å². The van der Waals surface area contributed by atoms with Crippen LogP contribution in [-0.2, 0) is 0 Å². The van der Waals surface area contributed by atoms with Crippen LogP contribution in [0.5, 0.6) is 0 Å². The average molecular weight is 263 g/mol. The molecular formula is C19H21N. The van der Waals surface area contributed by atoms with Gasteiger partial charge in [-0.25, -0.2) is 0 Å². The summed E-state index contributed by atoms with van der Waals surface area (Å²) in [6.07, 6.45) is 1.77. The van der Waals surface area contributed by atoms with Crippen molar-refractivity contribution in [1.82, 2.24) is 0 Å². The van der Waals surface area contributed by atoms with E-state index in [1.807, 2.05) is 19.1 Å². The predicted octanol–water partition coefficient (Wildman–Crippen LogP) is 3.95. The van der Waals surface area contributed by atoms with E-state index in [1.54, 1.807) is 0 Å². The summed E-state index contributed by atoms with van der Waals surface area (Å²) in [5, 5.41) is 0. The topological polar surface area (TPSA) is 26.0 Å². The molecule has 0 fully saturated rings. The average Bonchev–Trinajstić information content (AvgIpc) is 2.50. The normalized spacial score (nSPS) is 11.8. The number of hydrogen-bond acceptors (Lipinski definition) is 1. The standard InChI is InChI=1S/C19H21N/c1-2-3-6-15-18(20)19(16-11-7-4-8-12-16)17-13-9-5-10-14-17/h4-5,7-14,18-19H,6,15,20H2,1H3. The molecule has 0 amide bonds. The van der Waals surface area contributed by atoms with Crippen LogP contribution in [-0.4, -0.2) is 6.04 Å². The highest BCUT2D eigenvalue weighted by atomic mass is 14.6. The van der Waals surface area contributed by atoms with Crippen LogP contribution in [0.3, 0.4) is 0 Å². The number of hydrogen-bond donors (Lipinski definition) is 1. The Morgan fingerprint density at radius 3 is 1.85 bits per heavy atom. The summed E-state index contributed by atoms with van der Waals surface area (Å²) < 4.78 is 0. The van der Waals surface area contributed by atoms with E-state index in [0.717, 1.165) is 12.8 Å². The molecule has 2 N–H and O–H groups in total. The summed E-state index contributed by atoms with van der Waals surface area (Å²) in [5.74, 6) is 6.28. The van der Waals surface area contributed by atoms with Crippen LogP contribution in [0.25, 0.3) is 0 Å². The third-order valence-corrected chi connectivity index (χ3v) is 3.52. The van der Waals surface area contributed by atoms with Crippen molar-refractivity contribution >= 4 is 0 Å². The summed E-state index contributed by atoms with van der Waals surface area (Å²) in [6, 6.07) is 21.1. The molecule has 1 atom stereocenters. The number of rotatable bonds is 5. The number of benzene rings is 2. The molecule has 0 saturated heterocycles. The molecule has 0 spiro atoms. The minimum atomic E-state index is 0.0839. The highest BCUT2D eigenvalue weighted by Crippen LogP contribution is 2.28. The zero-order valence-corrected chi connectivity index (χ0v) is 11.9. The van der Waals surface area contributed by atoms with Gasteiger partial charge >= 0.3 is 0 Å². The van der Waals surface area contributed by atoms with Gasteiger partial charge in [0.2, 0.25) is 0 Å². The fourth-order valence-corrected chi connectivity index (χ4v) is 2.54. The van der Waals surface area contributed by atoms with Crippen molar-refractivity contribution in [3.63, 3.8) is 0 Å². The van der Waals surface area contributed by atoms with Crippen LogP contribution in [0.2, 0.25) is 0 Å². The van der Waals surface area contributed by atoms with Gasteiger partial charge in [-0.05, 0) is 24.5 Å². The Balaban J connectivity index is 2.27. The summed E-state index contributed by atoms with van der Waals surface area (Å²) in [4.78, 5) is 0. The first-order valence-corrected chi connectivity index (χ1v) is 7.08. The maximum Gasteiger partial charge on any atom is 0.0241 e. The molecule has 1 unspecified atom stereocenters. The van der Waals surface area contributed by atoms with Gasteiger partial charge in [0.1, 0.15) is 0 Å². The summed E-state index contributed by atoms with van der Waals surface area (Å²) in [7, 11) is 0. The molecule has 0 bridgehead atoms. The minimum Gasteiger partial charge on any atom is -0.327 e. The van der Waals surface area contributed by atoms with Gasteiger partial charge in [-0.3, -0.25) is 0 Å². The Morgan fingerprint density at radius 2 is 1.40 bits per heavy atom. The molecule has 20 heavy (non-hydrogen) atoms. The van der Waals surface area contributed by atoms with Crippen molar-refractivity contribution in [1.29, 1.82) is 0 Å². The first-order valence-electron chi connectivity index (χ1n) is 7.08. The second kappa shape index (κ2) is 7.53. The molecule has 0 aromatic heterocycles. The van der Waals surface area contributed by atoms with Gasteiger partial charge in [0.05, 0.1) is 0 Å². The minimum absolute atomic E-state index is 0.0839. The van der Waals surface area contributed by atoms with E-state index >= 15 is 0 Å². The molecule has 0 saturated carbocycles. The highest BCUT2D eigenvalue weighted by molar-refractivity contribution is 5.34. The maximum atomic E-state index is 6.45. The number of nitrogens with two attached hydrogens (primary N) is 1. The molecule has 0 heterocycles. The van der Waals surface area contributed by atoms with Gasteiger partial charge in [-0.15, -0.1) is 11.8 Å². The predicted molar refractivity (Wildman–Crippen MR) is 85.4 cm³/mol. The van der Waals surface area contributed by atoms with Crippen molar-refractivity contribution in [3.05, 3.63) is 71.8 Å². The van der Waals surface area contributed by atoms with Crippen molar-refractivity contribution in [2.75, 3.05) is 0 Å². The first-order chi connectivity index (χ1) is 9.83. The van der Waals surface area contributed by atoms with Crippen LogP contribution >= 0.6 is 0 Å². The Morgan fingerprint density at radius 1 is 0.900 bits per heavy atom. The molecule has 1 heteroatoms. The molecule has 0 aliphatic rings. The lowest BCUT2D eigenvalue weighted by Gasteiger charge is -2.24. The smallest absolute Gasteiger partial charge is 0.0241 e. The SMILES string of the molecule is CC#CCCC(N)C(c1ccccc1)c1ccccc1. The van der Waals surface area contributed by atoms with Crippen LogP contribution in [0, 0.1) is 11.8 Å². The monoisotopic (exact) mass is 263 g/mol. The molecule has 0 aliphatic carbocycles. The first kappa shape index (κ1) is 14.4. The lowest BCUT2D eigenvalue weighted by Crippen LogP contribution is -2.29. The van der Waals surface area contributed by atoms with Gasteiger partial charge in [0, 0.05) is 18.4 Å². The fourth-order valence-electron chi connectivity index (χ4n) is 2.54. The maximum absolute atomic E-state index is 6.45. The molecule has 1 nitrogen and oxygen atoms in total. The Bertz CT molecular complexity index is 523. The summed E-state index contributed by atoms with van der Waals surface area (Å²) in [6.45, 7) is 1.87. The second-order valence-corrected chi connectivity index (χ2v) is 4.93. The largest absolute Gasteiger partial charge is 0.327 e. The van der Waals surface area contributed by atoms with Crippen LogP contribution in [0.4, 0.5) is 0 Å². The van der Waals surface area contributed by atoms with E-state index in [4.69, 9.17) is 5.73 Å². The molecule has 2 aromatic rings. The third kappa shape index (κ3) is 3.73. The third-order valence-electron chi connectivity index (χ3n) is 3.52. The molecule has 2 aromatic carbocycles. The van der Waals surface area contributed by atoms with Crippen LogP contribution in [0.15, 0.2) is 60.7 Å². The van der Waals surface area contributed by atoms with Crippen molar-refractivity contribution in [2.24, 2.45) is 5.73 Å². The van der Waals surface area contributed by atoms with Crippen molar-refractivity contribution in [3.8, 4) is 11.8 Å². The van der Waals surface area contributed by atoms with Gasteiger partial charge in [0.25, 0.3) is 0 Å². The second-order valence-electron chi connectivity index (χ2n) is 4.93. The van der Waals surface area contributed by atoms with E-state index in [-0.39, 0.29) is 12.0 Å². The van der Waals surface area contributed by atoms with Crippen molar-refractivity contribution in [2.45, 2.75) is 31.7 Å². The van der Waals surface area contributed by atoms with E-state index in [1.165, 1.54) is 11.1 Å². The molecule has 2 rings (SSSR count). The van der Waals surface area contributed by atoms with Crippen LogP contribution < -0.4 is 5.73 Å². The zero-order chi connectivity index (χ0) is 14.2. The van der Waals surface area contributed by atoms with E-state index in [9.17, 15) is 0 Å². The van der Waals surface area contributed by atoms with E-state index < -0.39 is 0 Å². The summed E-state index contributed by atoms with van der Waals surface area (Å²) in [5.41, 5.74) is 9.00. The van der Waals surface area contributed by atoms with Crippen LogP contribution in [0.1, 0.15) is 36.8 Å². The fraction of sp³-hybridized carbons (Fsp3) is 0.263.